The van der Waals surface area contributed by atoms with Crippen molar-refractivity contribution in [3.05, 3.63) is 29.3 Å². The van der Waals surface area contributed by atoms with Gasteiger partial charge in [0.15, 0.2) is 6.29 Å². The lowest BCUT2D eigenvalue weighted by atomic mass is 10.0. The van der Waals surface area contributed by atoms with E-state index in [1.54, 1.807) is 0 Å². The molecule has 0 saturated carbocycles. The van der Waals surface area contributed by atoms with Crippen molar-refractivity contribution >= 4 is 0 Å². The molecule has 2 heteroatoms. The van der Waals surface area contributed by atoms with Crippen molar-refractivity contribution in [2.45, 2.75) is 33.0 Å². The summed E-state index contributed by atoms with van der Waals surface area (Å²) in [5, 5.41) is 0. The minimum atomic E-state index is -0.0469. The van der Waals surface area contributed by atoms with E-state index in [4.69, 9.17) is 9.47 Å². The molecule has 76 valence electrons. The number of hydrogen-bond donors (Lipinski definition) is 0. The zero-order chi connectivity index (χ0) is 9.97. The fraction of sp³-hybridized carbons (Fsp3) is 0.500. The molecule has 0 radical (unpaired) electrons. The maximum absolute atomic E-state index is 5.73. The molecular weight excluding hydrogens is 176 g/mol. The van der Waals surface area contributed by atoms with Gasteiger partial charge in [-0.25, -0.2) is 0 Å². The van der Waals surface area contributed by atoms with Crippen LogP contribution in [0.5, 0.6) is 5.75 Å². The number of aryl methyl sites for hydroxylation is 2. The zero-order valence-electron chi connectivity index (χ0n) is 8.75. The van der Waals surface area contributed by atoms with Crippen molar-refractivity contribution in [2.75, 3.05) is 6.61 Å². The van der Waals surface area contributed by atoms with E-state index in [1.165, 1.54) is 11.1 Å². The van der Waals surface area contributed by atoms with Crippen LogP contribution in [0.1, 0.15) is 24.5 Å². The summed E-state index contributed by atoms with van der Waals surface area (Å²) in [6.45, 7) is 4.79. The summed E-state index contributed by atoms with van der Waals surface area (Å²) < 4.78 is 11.2. The molecule has 1 aliphatic heterocycles. The van der Waals surface area contributed by atoms with Crippen molar-refractivity contribution in [1.29, 1.82) is 0 Å². The standard InChI is InChI=1S/C12H16O2/c1-3-13-12-7-6-10-5-4-9(2)8-11(10)14-12/h4-5,8,12H,3,6-7H2,1-2H3. The van der Waals surface area contributed by atoms with Gasteiger partial charge < -0.3 is 9.47 Å². The van der Waals surface area contributed by atoms with Gasteiger partial charge in [0.25, 0.3) is 0 Å². The Kier molecular flexibility index (Phi) is 2.73. The lowest BCUT2D eigenvalue weighted by Gasteiger charge is -2.25. The molecule has 0 spiro atoms. The summed E-state index contributed by atoms with van der Waals surface area (Å²) in [6, 6.07) is 6.36. The van der Waals surface area contributed by atoms with E-state index in [2.05, 4.69) is 25.1 Å². The van der Waals surface area contributed by atoms with Gasteiger partial charge in [0.05, 0.1) is 0 Å². The molecule has 0 fully saturated rings. The normalized spacial score (nSPS) is 20.0. The molecule has 0 bridgehead atoms. The Bertz CT molecular complexity index is 320. The van der Waals surface area contributed by atoms with Crippen LogP contribution in [0, 0.1) is 6.92 Å². The fourth-order valence-corrected chi connectivity index (χ4v) is 1.76. The maximum atomic E-state index is 5.73. The first kappa shape index (κ1) is 9.53. The molecule has 0 N–H and O–H groups in total. The minimum absolute atomic E-state index is 0.0469. The van der Waals surface area contributed by atoms with Crippen LogP contribution < -0.4 is 4.74 Å². The maximum Gasteiger partial charge on any atom is 0.200 e. The largest absolute Gasteiger partial charge is 0.465 e. The third-order valence-electron chi connectivity index (χ3n) is 2.48. The number of rotatable bonds is 2. The van der Waals surface area contributed by atoms with Crippen LogP contribution in [-0.4, -0.2) is 12.9 Å². The summed E-state index contributed by atoms with van der Waals surface area (Å²) in [5.74, 6) is 0.995. The molecular formula is C12H16O2. The molecule has 0 aliphatic carbocycles. The topological polar surface area (TPSA) is 18.5 Å². The molecule has 1 atom stereocenters. The average Bonchev–Trinajstić information content (AvgIpc) is 2.17. The third-order valence-corrected chi connectivity index (χ3v) is 2.48. The Balaban J connectivity index is 2.16. The summed E-state index contributed by atoms with van der Waals surface area (Å²) in [6.07, 6.45) is 1.97. The second-order valence-electron chi connectivity index (χ2n) is 3.65. The summed E-state index contributed by atoms with van der Waals surface area (Å²) >= 11 is 0. The van der Waals surface area contributed by atoms with Crippen LogP contribution in [-0.2, 0) is 11.2 Å². The first-order valence-corrected chi connectivity index (χ1v) is 5.17. The lowest BCUT2D eigenvalue weighted by molar-refractivity contribution is -0.0861. The Morgan fingerprint density at radius 1 is 1.50 bits per heavy atom. The number of hydrogen-bond acceptors (Lipinski definition) is 2. The third kappa shape index (κ3) is 1.90. The summed E-state index contributed by atoms with van der Waals surface area (Å²) in [5.41, 5.74) is 2.53. The Labute approximate surface area is 84.8 Å². The smallest absolute Gasteiger partial charge is 0.200 e. The van der Waals surface area contributed by atoms with Crippen LogP contribution in [0.4, 0.5) is 0 Å². The van der Waals surface area contributed by atoms with Gasteiger partial charge in [-0.1, -0.05) is 12.1 Å². The SMILES string of the molecule is CCOC1CCc2ccc(C)cc2O1. The van der Waals surface area contributed by atoms with Gasteiger partial charge in [0.2, 0.25) is 0 Å². The van der Waals surface area contributed by atoms with Crippen LogP contribution in [0.2, 0.25) is 0 Å². The highest BCUT2D eigenvalue weighted by atomic mass is 16.7. The van der Waals surface area contributed by atoms with Crippen LogP contribution in [0.15, 0.2) is 18.2 Å². The van der Waals surface area contributed by atoms with E-state index in [-0.39, 0.29) is 6.29 Å². The Hall–Kier alpha value is -1.02. The molecule has 1 unspecified atom stereocenters. The molecule has 14 heavy (non-hydrogen) atoms. The van der Waals surface area contributed by atoms with Crippen LogP contribution in [0.3, 0.4) is 0 Å². The summed E-state index contributed by atoms with van der Waals surface area (Å²) in [4.78, 5) is 0. The highest BCUT2D eigenvalue weighted by molar-refractivity contribution is 5.38. The van der Waals surface area contributed by atoms with Gasteiger partial charge in [-0.2, -0.15) is 0 Å². The number of fused-ring (bicyclic) bond motifs is 1. The van der Waals surface area contributed by atoms with Gasteiger partial charge in [0, 0.05) is 13.0 Å². The van der Waals surface area contributed by atoms with Gasteiger partial charge in [-0.3, -0.25) is 0 Å². The second kappa shape index (κ2) is 4.01. The van der Waals surface area contributed by atoms with E-state index in [9.17, 15) is 0 Å². The van der Waals surface area contributed by atoms with Crippen molar-refractivity contribution in [1.82, 2.24) is 0 Å². The van der Waals surface area contributed by atoms with Gasteiger partial charge in [-0.15, -0.1) is 0 Å². The molecule has 0 saturated heterocycles. The lowest BCUT2D eigenvalue weighted by Crippen LogP contribution is -2.25. The highest BCUT2D eigenvalue weighted by Crippen LogP contribution is 2.28. The predicted molar refractivity (Wildman–Crippen MR) is 55.5 cm³/mol. The second-order valence-corrected chi connectivity index (χ2v) is 3.65. The number of ether oxygens (including phenoxy) is 2. The summed E-state index contributed by atoms with van der Waals surface area (Å²) in [7, 11) is 0. The van der Waals surface area contributed by atoms with Crippen molar-refractivity contribution < 1.29 is 9.47 Å². The minimum Gasteiger partial charge on any atom is -0.465 e. The Morgan fingerprint density at radius 2 is 2.36 bits per heavy atom. The van der Waals surface area contributed by atoms with Crippen molar-refractivity contribution in [3.8, 4) is 5.75 Å². The van der Waals surface area contributed by atoms with E-state index < -0.39 is 0 Å². The van der Waals surface area contributed by atoms with Crippen LogP contribution in [0.25, 0.3) is 0 Å². The van der Waals surface area contributed by atoms with Gasteiger partial charge in [-0.05, 0) is 37.5 Å². The van der Waals surface area contributed by atoms with Gasteiger partial charge in [0.1, 0.15) is 5.75 Å². The highest BCUT2D eigenvalue weighted by Gasteiger charge is 2.19. The molecule has 2 rings (SSSR count). The first-order valence-electron chi connectivity index (χ1n) is 5.17. The van der Waals surface area contributed by atoms with Crippen molar-refractivity contribution in [2.24, 2.45) is 0 Å². The van der Waals surface area contributed by atoms with Crippen LogP contribution >= 0.6 is 0 Å². The van der Waals surface area contributed by atoms with Gasteiger partial charge >= 0.3 is 0 Å². The van der Waals surface area contributed by atoms with E-state index in [1.807, 2.05) is 6.92 Å². The molecule has 1 aliphatic rings. The molecule has 0 aromatic heterocycles. The average molecular weight is 192 g/mol. The Morgan fingerprint density at radius 3 is 3.14 bits per heavy atom. The molecule has 2 nitrogen and oxygen atoms in total. The number of benzene rings is 1. The van der Waals surface area contributed by atoms with E-state index >= 15 is 0 Å². The monoisotopic (exact) mass is 192 g/mol. The molecule has 0 amide bonds. The predicted octanol–water partition coefficient (Wildman–Crippen LogP) is 2.68. The zero-order valence-corrected chi connectivity index (χ0v) is 8.75. The van der Waals surface area contributed by atoms with E-state index in [0.29, 0.717) is 6.61 Å². The fourth-order valence-electron chi connectivity index (χ4n) is 1.76. The quantitative estimate of drug-likeness (QED) is 0.717. The molecule has 1 aromatic rings. The molecule has 1 heterocycles. The first-order chi connectivity index (χ1) is 6.79. The van der Waals surface area contributed by atoms with Crippen molar-refractivity contribution in [3.63, 3.8) is 0 Å². The van der Waals surface area contributed by atoms with E-state index in [0.717, 1.165) is 18.6 Å². The molecule has 1 aromatic carbocycles.